The summed E-state index contributed by atoms with van der Waals surface area (Å²) in [4.78, 5) is 28.4. The van der Waals surface area contributed by atoms with Gasteiger partial charge in [0.05, 0.1) is 16.3 Å². The molecule has 1 aliphatic rings. The zero-order valence-electron chi connectivity index (χ0n) is 24.3. The number of aromatic nitrogens is 2. The molecule has 1 fully saturated rings. The fraction of sp³-hybridized carbons (Fsp3) is 0.312. The molecule has 0 saturated carbocycles. The number of para-hydroxylation sites is 1. The van der Waals surface area contributed by atoms with Crippen LogP contribution in [0.3, 0.4) is 0 Å². The minimum atomic E-state index is -4.18. The van der Waals surface area contributed by atoms with Gasteiger partial charge in [0.25, 0.3) is 21.5 Å². The van der Waals surface area contributed by atoms with Gasteiger partial charge in [-0.05, 0) is 80.5 Å². The molecule has 1 aromatic heterocycles. The van der Waals surface area contributed by atoms with Crippen molar-refractivity contribution in [2.24, 2.45) is 13.0 Å². The summed E-state index contributed by atoms with van der Waals surface area (Å²) in [7, 11) is -1.15. The zero-order chi connectivity index (χ0) is 30.9. The number of carbonyl (C=O) groups excluding carboxylic acids is 1. The van der Waals surface area contributed by atoms with Crippen LogP contribution >= 0.6 is 0 Å². The van der Waals surface area contributed by atoms with Crippen molar-refractivity contribution in [2.45, 2.75) is 37.5 Å². The Morgan fingerprint density at radius 1 is 0.977 bits per heavy atom. The van der Waals surface area contributed by atoms with Gasteiger partial charge in [-0.25, -0.2) is 21.9 Å². The van der Waals surface area contributed by atoms with Gasteiger partial charge >= 0.3 is 0 Å². The van der Waals surface area contributed by atoms with E-state index in [1.807, 2.05) is 6.07 Å². The molecule has 0 N–H and O–H groups in total. The van der Waals surface area contributed by atoms with Gasteiger partial charge in [-0.3, -0.25) is 18.6 Å². The smallest absolute Gasteiger partial charge is 0.296 e. The van der Waals surface area contributed by atoms with Crippen molar-refractivity contribution in [3.05, 3.63) is 112 Å². The van der Waals surface area contributed by atoms with E-state index in [0.29, 0.717) is 42.4 Å². The number of amides is 1. The van der Waals surface area contributed by atoms with E-state index in [0.717, 1.165) is 29.6 Å². The lowest BCUT2D eigenvalue weighted by Crippen LogP contribution is -2.38. The molecule has 1 amide bonds. The molecule has 1 saturated heterocycles. The van der Waals surface area contributed by atoms with Crippen LogP contribution in [0.25, 0.3) is 5.69 Å². The highest BCUT2D eigenvalue weighted by Crippen LogP contribution is 2.27. The van der Waals surface area contributed by atoms with Gasteiger partial charge in [0.15, 0.2) is 0 Å². The summed E-state index contributed by atoms with van der Waals surface area (Å²) in [5.41, 5.74) is 1.34. The van der Waals surface area contributed by atoms with E-state index in [-0.39, 0.29) is 22.1 Å². The summed E-state index contributed by atoms with van der Waals surface area (Å²) in [5, 5.41) is 0. The molecule has 226 valence electrons. The van der Waals surface area contributed by atoms with Crippen LogP contribution in [0.5, 0.6) is 0 Å². The van der Waals surface area contributed by atoms with E-state index in [4.69, 9.17) is 0 Å². The number of sulfonamides is 1. The van der Waals surface area contributed by atoms with Crippen molar-refractivity contribution < 1.29 is 22.0 Å². The third-order valence-corrected chi connectivity index (χ3v) is 10.1. The van der Waals surface area contributed by atoms with Crippen LogP contribution in [-0.4, -0.2) is 48.7 Å². The highest BCUT2D eigenvalue weighted by molar-refractivity contribution is 7.92. The number of carbonyl (C=O) groups is 1. The number of hydrogen-bond acceptors (Lipinski definition) is 4. The summed E-state index contributed by atoms with van der Waals surface area (Å²) in [5.74, 6) is -1.12. The molecule has 3 aromatic carbocycles. The van der Waals surface area contributed by atoms with Crippen LogP contribution in [-0.2, 0) is 23.5 Å². The molecule has 5 rings (SSSR count). The number of anilines is 1. The second-order valence-corrected chi connectivity index (χ2v) is 12.9. The molecule has 1 aliphatic heterocycles. The fourth-order valence-electron chi connectivity index (χ4n) is 5.68. The van der Waals surface area contributed by atoms with Crippen LogP contribution < -0.4 is 9.86 Å². The Morgan fingerprint density at radius 3 is 2.35 bits per heavy atom. The molecule has 8 nitrogen and oxygen atoms in total. The van der Waals surface area contributed by atoms with Crippen LogP contribution in [0.4, 0.5) is 14.5 Å². The predicted octanol–water partition coefficient (Wildman–Crippen LogP) is 5.07. The van der Waals surface area contributed by atoms with Crippen molar-refractivity contribution in [2.75, 3.05) is 24.4 Å². The lowest BCUT2D eigenvalue weighted by atomic mass is 9.90. The van der Waals surface area contributed by atoms with Crippen LogP contribution in [0.2, 0.25) is 0 Å². The Hall–Kier alpha value is -4.25. The van der Waals surface area contributed by atoms with Crippen molar-refractivity contribution in [1.29, 1.82) is 0 Å². The van der Waals surface area contributed by atoms with Gasteiger partial charge in [-0.2, -0.15) is 0 Å². The maximum atomic E-state index is 14.0. The van der Waals surface area contributed by atoms with Crippen molar-refractivity contribution in [3.8, 4) is 5.69 Å². The van der Waals surface area contributed by atoms with E-state index < -0.39 is 27.2 Å². The monoisotopic (exact) mass is 608 g/mol. The molecule has 0 atom stereocenters. The van der Waals surface area contributed by atoms with E-state index in [1.54, 1.807) is 53.9 Å². The summed E-state index contributed by atoms with van der Waals surface area (Å²) >= 11 is 0. The normalized spacial score (nSPS) is 14.2. The van der Waals surface area contributed by atoms with Crippen molar-refractivity contribution in [1.82, 2.24) is 14.3 Å². The summed E-state index contributed by atoms with van der Waals surface area (Å²) in [6, 6.07) is 18.5. The molecule has 0 radical (unpaired) electrons. The first-order valence-corrected chi connectivity index (χ1v) is 15.6. The van der Waals surface area contributed by atoms with E-state index in [2.05, 4.69) is 0 Å². The molecule has 0 aliphatic carbocycles. The fourth-order valence-corrected chi connectivity index (χ4v) is 6.97. The minimum absolute atomic E-state index is 0.0191. The third kappa shape index (κ3) is 5.99. The zero-order valence-corrected chi connectivity index (χ0v) is 25.2. The van der Waals surface area contributed by atoms with Crippen LogP contribution in [0.1, 0.15) is 40.9 Å². The van der Waals surface area contributed by atoms with Crippen molar-refractivity contribution >= 4 is 21.6 Å². The number of rotatable bonds is 8. The average Bonchev–Trinajstić information content (AvgIpc) is 3.23. The Bertz CT molecular complexity index is 1810. The molecule has 2 heterocycles. The Balaban J connectivity index is 1.29. The SMILES string of the molecule is Cc1c(N(C)S(=O)(=O)c2cccc(C(=O)N3CCC(CCc4ccc(F)cc4F)CC3)c2)c(=O)n(-c2ccccc2)n1C. The van der Waals surface area contributed by atoms with Crippen LogP contribution in [0.15, 0.2) is 82.5 Å². The first kappa shape index (κ1) is 30.2. The minimum Gasteiger partial charge on any atom is -0.339 e. The average molecular weight is 609 g/mol. The first-order valence-electron chi connectivity index (χ1n) is 14.1. The largest absolute Gasteiger partial charge is 0.339 e. The van der Waals surface area contributed by atoms with E-state index >= 15 is 0 Å². The molecular weight excluding hydrogens is 574 g/mol. The number of likely N-dealkylation sites (tertiary alicyclic amines) is 1. The van der Waals surface area contributed by atoms with Gasteiger partial charge in [0.1, 0.15) is 17.3 Å². The Morgan fingerprint density at radius 2 is 1.67 bits per heavy atom. The second kappa shape index (κ2) is 12.2. The number of nitrogens with zero attached hydrogens (tertiary/aromatic N) is 4. The van der Waals surface area contributed by atoms with Gasteiger partial charge in [-0.1, -0.05) is 30.3 Å². The standard InChI is InChI=1S/C32H34F2N4O4S/c1-22-30(32(40)38(35(22)2)27-9-5-4-6-10-27)36(3)43(41,42)28-11-7-8-25(20-28)31(39)37-18-16-23(17-19-37)12-13-24-14-15-26(33)21-29(24)34/h4-11,14-15,20-21,23H,12-13,16-19H2,1-3H3. The van der Waals surface area contributed by atoms with Gasteiger partial charge in [-0.15, -0.1) is 0 Å². The number of aryl methyl sites for hydroxylation is 1. The number of hydrogen-bond donors (Lipinski definition) is 0. The quantitative estimate of drug-likeness (QED) is 0.280. The topological polar surface area (TPSA) is 84.6 Å². The van der Waals surface area contributed by atoms with Crippen LogP contribution in [0, 0.1) is 24.5 Å². The lowest BCUT2D eigenvalue weighted by molar-refractivity contribution is 0.0686. The summed E-state index contributed by atoms with van der Waals surface area (Å²) in [6.07, 6.45) is 2.69. The number of benzene rings is 3. The first-order chi connectivity index (χ1) is 20.5. The summed E-state index contributed by atoms with van der Waals surface area (Å²) in [6.45, 7) is 2.67. The number of piperidine rings is 1. The highest BCUT2D eigenvalue weighted by atomic mass is 32.2. The van der Waals surface area contributed by atoms with E-state index in [1.165, 1.54) is 42.1 Å². The number of halogens is 2. The summed E-state index contributed by atoms with van der Waals surface area (Å²) < 4.78 is 58.6. The van der Waals surface area contributed by atoms with Gasteiger partial charge in [0, 0.05) is 38.8 Å². The third-order valence-electron chi connectivity index (χ3n) is 8.32. The lowest BCUT2D eigenvalue weighted by Gasteiger charge is -2.32. The van der Waals surface area contributed by atoms with Gasteiger partial charge < -0.3 is 4.90 Å². The van der Waals surface area contributed by atoms with Gasteiger partial charge in [0.2, 0.25) is 0 Å². The Labute approximate surface area is 249 Å². The highest BCUT2D eigenvalue weighted by Gasteiger charge is 2.30. The molecule has 4 aromatic rings. The molecule has 0 unspecified atom stereocenters. The maximum Gasteiger partial charge on any atom is 0.296 e. The molecule has 0 spiro atoms. The predicted molar refractivity (Wildman–Crippen MR) is 161 cm³/mol. The maximum absolute atomic E-state index is 14.0. The van der Waals surface area contributed by atoms with Crippen molar-refractivity contribution in [3.63, 3.8) is 0 Å². The molecule has 11 heteroatoms. The van der Waals surface area contributed by atoms with E-state index in [9.17, 15) is 26.8 Å². The molecular formula is C32H34F2N4O4S. The Kier molecular flexibility index (Phi) is 8.55. The molecule has 43 heavy (non-hydrogen) atoms. The second-order valence-electron chi connectivity index (χ2n) is 10.9. The molecule has 0 bridgehead atoms.